The molecule has 0 unspecified atom stereocenters. The molecule has 0 aromatic heterocycles. The molecule has 0 bridgehead atoms. The molecule has 40 heavy (non-hydrogen) atoms. The maximum atomic E-state index is 10.3. The fourth-order valence-corrected chi connectivity index (χ4v) is 32.0. The zero-order chi connectivity index (χ0) is 31.1. The first-order chi connectivity index (χ1) is 18.2. The van der Waals surface area contributed by atoms with Crippen LogP contribution in [0.1, 0.15) is 104 Å². The van der Waals surface area contributed by atoms with Gasteiger partial charge in [0.2, 0.25) is 0 Å². The van der Waals surface area contributed by atoms with Crippen molar-refractivity contribution in [3.8, 4) is 0 Å². The van der Waals surface area contributed by atoms with E-state index in [4.69, 9.17) is 25.7 Å². The smallest absolute Gasteiger partial charge is 0.314 e. The minimum Gasteiger partial charge on any atom is -0.481 e. The Balaban J connectivity index is 0.000000760. The lowest BCUT2D eigenvalue weighted by Crippen LogP contribution is -2.64. The molecule has 0 aromatic carbocycles. The van der Waals surface area contributed by atoms with Crippen LogP contribution >= 0.6 is 0 Å². The van der Waals surface area contributed by atoms with Crippen molar-refractivity contribution in [1.82, 2.24) is 0 Å². The molecule has 0 atom stereocenters. The predicted octanol–water partition coefficient (Wildman–Crippen LogP) is 9.78. The van der Waals surface area contributed by atoms with Crippen LogP contribution in [0.5, 0.6) is 0 Å². The van der Waals surface area contributed by atoms with Crippen molar-refractivity contribution < 1.29 is 30.5 Å². The minimum atomic E-state index is -2.26. The van der Waals surface area contributed by atoms with Gasteiger partial charge in [0.05, 0.1) is 0 Å². The molecule has 1 rings (SSSR count). The molecule has 0 saturated carbocycles. The monoisotopic (exact) mass is 654 g/mol. The van der Waals surface area contributed by atoms with Gasteiger partial charge in [-0.1, -0.05) is 90.9 Å². The third-order valence-electron chi connectivity index (χ3n) is 6.38. The van der Waals surface area contributed by atoms with Gasteiger partial charge in [-0.25, -0.2) is 0 Å². The highest BCUT2D eigenvalue weighted by Crippen LogP contribution is 2.30. The van der Waals surface area contributed by atoms with Crippen molar-refractivity contribution in [2.45, 2.75) is 169 Å². The van der Waals surface area contributed by atoms with E-state index in [1.807, 2.05) is 0 Å². The van der Waals surface area contributed by atoms with Gasteiger partial charge >= 0.3 is 48.8 Å². The van der Waals surface area contributed by atoms with E-state index in [9.17, 15) is 4.79 Å². The van der Waals surface area contributed by atoms with Crippen molar-refractivity contribution in [2.24, 2.45) is 5.92 Å². The van der Waals surface area contributed by atoms with Gasteiger partial charge < -0.3 is 25.7 Å². The standard InChI is InChI=1S/C18H36O2.C10H30O5Si5/c1-17(2)15-13-11-9-7-5-3-4-6-8-10-12-14-16-18(19)20;1-16(2)11-17(3,4)13-19(7,8)15-20(9,10)14-18(5,6)12-16/h17H,3-16H2,1-2H3,(H,19,20);1-10H3. The summed E-state index contributed by atoms with van der Waals surface area (Å²) in [5.41, 5.74) is 0. The van der Waals surface area contributed by atoms with E-state index < -0.39 is 48.8 Å². The normalized spacial score (nSPS) is 21.3. The van der Waals surface area contributed by atoms with E-state index in [1.165, 1.54) is 70.6 Å². The van der Waals surface area contributed by atoms with E-state index in [0.29, 0.717) is 6.42 Å². The maximum absolute atomic E-state index is 10.3. The third kappa shape index (κ3) is 23.9. The van der Waals surface area contributed by atoms with Crippen molar-refractivity contribution in [1.29, 1.82) is 0 Å². The van der Waals surface area contributed by atoms with Crippen LogP contribution in [-0.4, -0.2) is 53.9 Å². The van der Waals surface area contributed by atoms with Gasteiger partial charge in [-0.05, 0) is 77.8 Å². The number of hydrogen-bond acceptors (Lipinski definition) is 6. The Morgan fingerprint density at radius 3 is 0.925 bits per heavy atom. The quantitative estimate of drug-likeness (QED) is 0.139. The number of unbranched alkanes of at least 4 members (excludes halogenated alkanes) is 11. The minimum absolute atomic E-state index is 0.344. The van der Waals surface area contributed by atoms with Gasteiger partial charge in [-0.2, -0.15) is 0 Å². The summed E-state index contributed by atoms with van der Waals surface area (Å²) < 4.78 is 31.5. The summed E-state index contributed by atoms with van der Waals surface area (Å²) in [7, 11) is -11.3. The number of rotatable bonds is 15. The van der Waals surface area contributed by atoms with Gasteiger partial charge in [-0.3, -0.25) is 4.79 Å². The summed E-state index contributed by atoms with van der Waals surface area (Å²) in [5.74, 6) is 0.212. The van der Waals surface area contributed by atoms with Crippen LogP contribution in [0.3, 0.4) is 0 Å². The number of hydrogen-bond donors (Lipinski definition) is 1. The molecule has 240 valence electrons. The first-order valence-electron chi connectivity index (χ1n) is 15.9. The lowest BCUT2D eigenvalue weighted by atomic mass is 10.0. The van der Waals surface area contributed by atoms with Crippen LogP contribution in [0.4, 0.5) is 0 Å². The molecule has 1 saturated heterocycles. The molecule has 12 heteroatoms. The summed E-state index contributed by atoms with van der Waals surface area (Å²) in [4.78, 5) is 10.3. The highest BCUT2D eigenvalue weighted by molar-refractivity contribution is 6.92. The van der Waals surface area contributed by atoms with Gasteiger partial charge in [0, 0.05) is 6.42 Å². The second-order valence-corrected chi connectivity index (χ2v) is 32.2. The third-order valence-corrected chi connectivity index (χ3v) is 26.0. The van der Waals surface area contributed by atoms with E-state index in [0.717, 1.165) is 18.8 Å². The Bertz CT molecular complexity index is 599. The lowest BCUT2D eigenvalue weighted by Gasteiger charge is -2.46. The van der Waals surface area contributed by atoms with Crippen LogP contribution in [0, 0.1) is 5.92 Å². The molecule has 0 aromatic rings. The van der Waals surface area contributed by atoms with Crippen molar-refractivity contribution in [3.05, 3.63) is 0 Å². The molecule has 1 aliphatic rings. The van der Waals surface area contributed by atoms with Crippen LogP contribution in [0.25, 0.3) is 0 Å². The first kappa shape index (κ1) is 40.4. The van der Waals surface area contributed by atoms with E-state index >= 15 is 0 Å². The zero-order valence-electron chi connectivity index (χ0n) is 28.4. The molecular formula is C28H66O7Si5. The Kier molecular flexibility index (Phi) is 19.1. The van der Waals surface area contributed by atoms with Gasteiger partial charge in [0.1, 0.15) is 0 Å². The second-order valence-electron chi connectivity index (χ2n) is 14.1. The molecule has 1 aliphatic heterocycles. The van der Waals surface area contributed by atoms with Crippen LogP contribution in [0.15, 0.2) is 0 Å². The van der Waals surface area contributed by atoms with E-state index in [-0.39, 0.29) is 0 Å². The number of carboxylic acids is 1. The van der Waals surface area contributed by atoms with E-state index in [1.54, 1.807) is 0 Å². The van der Waals surface area contributed by atoms with Crippen LogP contribution in [0.2, 0.25) is 65.5 Å². The highest BCUT2D eigenvalue weighted by atomic mass is 28.5. The average molecular weight is 655 g/mol. The van der Waals surface area contributed by atoms with Gasteiger partial charge in [-0.15, -0.1) is 0 Å². The largest absolute Gasteiger partial charge is 0.481 e. The number of carbonyl (C=O) groups is 1. The molecule has 1 N–H and O–H groups in total. The van der Waals surface area contributed by atoms with Crippen molar-refractivity contribution in [2.75, 3.05) is 0 Å². The Labute approximate surface area is 253 Å². The first-order valence-corrected chi connectivity index (χ1v) is 30.0. The SMILES string of the molecule is CC(C)CCCCCCCCCCCCCCC(=O)O.C[Si]1(C)O[Si](C)(C)O[Si](C)(C)O[Si](C)(C)O[Si](C)(C)O1. The maximum Gasteiger partial charge on any atom is 0.314 e. The molecular weight excluding hydrogens is 589 g/mol. The molecule has 0 radical (unpaired) electrons. The number of carboxylic acid groups (broad SMARTS) is 1. The summed E-state index contributed by atoms with van der Waals surface area (Å²) in [5, 5.41) is 8.52. The van der Waals surface area contributed by atoms with Crippen LogP contribution in [-0.2, 0) is 25.4 Å². The highest BCUT2D eigenvalue weighted by Gasteiger charge is 2.50. The summed E-state index contributed by atoms with van der Waals surface area (Å²) in [6, 6.07) is 0. The van der Waals surface area contributed by atoms with Crippen molar-refractivity contribution in [3.63, 3.8) is 0 Å². The fraction of sp³-hybridized carbons (Fsp3) is 0.964. The fourth-order valence-electron chi connectivity index (χ4n) is 5.66. The van der Waals surface area contributed by atoms with Gasteiger partial charge in [0.25, 0.3) is 0 Å². The second kappa shape index (κ2) is 18.9. The molecule has 1 fully saturated rings. The number of aliphatic carboxylic acids is 1. The van der Waals surface area contributed by atoms with Crippen LogP contribution < -0.4 is 0 Å². The average Bonchev–Trinajstić information content (AvgIpc) is 2.68. The molecule has 0 amide bonds. The Morgan fingerprint density at radius 1 is 0.475 bits per heavy atom. The summed E-state index contributed by atoms with van der Waals surface area (Å²) in [6.45, 7) is 25.4. The Morgan fingerprint density at radius 2 is 0.700 bits per heavy atom. The zero-order valence-corrected chi connectivity index (χ0v) is 33.4. The predicted molar refractivity (Wildman–Crippen MR) is 180 cm³/mol. The van der Waals surface area contributed by atoms with Crippen molar-refractivity contribution >= 4 is 48.8 Å². The lowest BCUT2D eigenvalue weighted by molar-refractivity contribution is -0.137. The molecule has 0 spiro atoms. The van der Waals surface area contributed by atoms with Gasteiger partial charge in [0.15, 0.2) is 0 Å². The summed E-state index contributed by atoms with van der Waals surface area (Å²) >= 11 is 0. The molecule has 0 aliphatic carbocycles. The molecule has 7 nitrogen and oxygen atoms in total. The summed E-state index contributed by atoms with van der Waals surface area (Å²) in [6.07, 6.45) is 17.3. The molecule has 1 heterocycles. The topological polar surface area (TPSA) is 83.5 Å². The Hall–Kier alpha value is 0.354. The van der Waals surface area contributed by atoms with E-state index in [2.05, 4.69) is 79.3 Å².